The molecule has 11 heavy (non-hydrogen) atoms. The second-order valence-electron chi connectivity index (χ2n) is 4.24. The van der Waals surface area contributed by atoms with Crippen LogP contribution < -0.4 is 0 Å². The molecule has 62 valence electrons. The number of hydrogen-bond donors (Lipinski definition) is 0. The standard InChI is InChI=1S/C10H16O/c1-7-5-9(11)6-10(3,4)8(7)2/h5,8H,6H2,1-4H3/t8-/m0/s1. The maximum absolute atomic E-state index is 11.2. The van der Waals surface area contributed by atoms with Crippen LogP contribution in [0.1, 0.15) is 34.1 Å². The fourth-order valence-electron chi connectivity index (χ4n) is 1.65. The van der Waals surface area contributed by atoms with Crippen molar-refractivity contribution in [2.75, 3.05) is 0 Å². The fourth-order valence-corrected chi connectivity index (χ4v) is 1.65. The van der Waals surface area contributed by atoms with Gasteiger partial charge in [0.2, 0.25) is 0 Å². The van der Waals surface area contributed by atoms with E-state index in [1.54, 1.807) is 6.08 Å². The van der Waals surface area contributed by atoms with Crippen molar-refractivity contribution < 1.29 is 4.79 Å². The molecular formula is C10H16O. The number of rotatable bonds is 0. The van der Waals surface area contributed by atoms with Crippen LogP contribution in [0.3, 0.4) is 0 Å². The van der Waals surface area contributed by atoms with E-state index in [-0.39, 0.29) is 11.2 Å². The average molecular weight is 152 g/mol. The minimum absolute atomic E-state index is 0.163. The molecule has 0 spiro atoms. The Morgan fingerprint density at radius 2 is 2.09 bits per heavy atom. The van der Waals surface area contributed by atoms with Crippen LogP contribution in [0.15, 0.2) is 11.6 Å². The SMILES string of the molecule is CC1=CC(=O)CC(C)(C)[C@H]1C. The first-order valence-electron chi connectivity index (χ1n) is 4.14. The molecular weight excluding hydrogens is 136 g/mol. The number of carbonyl (C=O) groups is 1. The normalized spacial score (nSPS) is 30.0. The van der Waals surface area contributed by atoms with Crippen LogP contribution in [-0.4, -0.2) is 5.78 Å². The molecule has 0 heterocycles. The molecule has 0 bridgehead atoms. The van der Waals surface area contributed by atoms with Gasteiger partial charge in [-0.2, -0.15) is 0 Å². The Morgan fingerprint density at radius 1 is 1.55 bits per heavy atom. The summed E-state index contributed by atoms with van der Waals surface area (Å²) in [6.07, 6.45) is 2.49. The van der Waals surface area contributed by atoms with Gasteiger partial charge in [-0.1, -0.05) is 26.3 Å². The smallest absolute Gasteiger partial charge is 0.156 e. The molecule has 0 aromatic rings. The van der Waals surface area contributed by atoms with E-state index in [9.17, 15) is 4.79 Å². The average Bonchev–Trinajstić information content (AvgIpc) is 1.81. The summed E-state index contributed by atoms with van der Waals surface area (Å²) in [4.78, 5) is 11.2. The van der Waals surface area contributed by atoms with E-state index in [1.807, 2.05) is 6.92 Å². The van der Waals surface area contributed by atoms with Crippen molar-refractivity contribution in [2.24, 2.45) is 11.3 Å². The monoisotopic (exact) mass is 152 g/mol. The van der Waals surface area contributed by atoms with Gasteiger partial charge in [0.1, 0.15) is 0 Å². The lowest BCUT2D eigenvalue weighted by molar-refractivity contribution is -0.117. The van der Waals surface area contributed by atoms with Gasteiger partial charge in [-0.05, 0) is 24.3 Å². The fraction of sp³-hybridized carbons (Fsp3) is 0.700. The molecule has 1 aliphatic rings. The van der Waals surface area contributed by atoms with Crippen LogP contribution in [-0.2, 0) is 4.79 Å². The first-order valence-corrected chi connectivity index (χ1v) is 4.14. The highest BCUT2D eigenvalue weighted by Crippen LogP contribution is 2.38. The third kappa shape index (κ3) is 1.52. The minimum Gasteiger partial charge on any atom is -0.295 e. The molecule has 1 atom stereocenters. The third-order valence-electron chi connectivity index (χ3n) is 2.87. The molecule has 0 aliphatic heterocycles. The summed E-state index contributed by atoms with van der Waals surface area (Å²) in [7, 11) is 0. The number of ketones is 1. The lowest BCUT2D eigenvalue weighted by Crippen LogP contribution is -2.29. The second kappa shape index (κ2) is 2.47. The summed E-state index contributed by atoms with van der Waals surface area (Å²) in [5.74, 6) is 0.825. The molecule has 0 saturated heterocycles. The van der Waals surface area contributed by atoms with Crippen LogP contribution in [0.4, 0.5) is 0 Å². The zero-order valence-electron chi connectivity index (χ0n) is 7.77. The van der Waals surface area contributed by atoms with Gasteiger partial charge in [-0.3, -0.25) is 4.79 Å². The van der Waals surface area contributed by atoms with Gasteiger partial charge in [0.05, 0.1) is 0 Å². The zero-order chi connectivity index (χ0) is 8.65. The summed E-state index contributed by atoms with van der Waals surface area (Å²) in [5, 5.41) is 0. The summed E-state index contributed by atoms with van der Waals surface area (Å²) in [5.41, 5.74) is 1.39. The predicted molar refractivity (Wildman–Crippen MR) is 46.3 cm³/mol. The van der Waals surface area contributed by atoms with Gasteiger partial charge < -0.3 is 0 Å². The molecule has 1 nitrogen and oxygen atoms in total. The molecule has 0 saturated carbocycles. The molecule has 0 aromatic heterocycles. The minimum atomic E-state index is 0.163. The Balaban J connectivity index is 2.95. The largest absolute Gasteiger partial charge is 0.295 e. The van der Waals surface area contributed by atoms with E-state index in [0.717, 1.165) is 0 Å². The Kier molecular flexibility index (Phi) is 1.91. The Labute approximate surface area is 68.5 Å². The number of allylic oxidation sites excluding steroid dienone is 2. The Bertz CT molecular complexity index is 211. The molecule has 0 aromatic carbocycles. The topological polar surface area (TPSA) is 17.1 Å². The van der Waals surface area contributed by atoms with Gasteiger partial charge in [-0.25, -0.2) is 0 Å². The summed E-state index contributed by atoms with van der Waals surface area (Å²) in [6.45, 7) is 8.56. The summed E-state index contributed by atoms with van der Waals surface area (Å²) in [6, 6.07) is 0. The van der Waals surface area contributed by atoms with Gasteiger partial charge in [0, 0.05) is 6.42 Å². The van der Waals surface area contributed by atoms with Crippen molar-refractivity contribution in [3.8, 4) is 0 Å². The van der Waals surface area contributed by atoms with Crippen molar-refractivity contribution in [1.82, 2.24) is 0 Å². The highest BCUT2D eigenvalue weighted by molar-refractivity contribution is 5.91. The molecule has 0 radical (unpaired) electrons. The molecule has 0 fully saturated rings. The highest BCUT2D eigenvalue weighted by Gasteiger charge is 2.32. The van der Waals surface area contributed by atoms with Crippen molar-refractivity contribution in [3.05, 3.63) is 11.6 Å². The lowest BCUT2D eigenvalue weighted by Gasteiger charge is -2.34. The van der Waals surface area contributed by atoms with Crippen molar-refractivity contribution in [3.63, 3.8) is 0 Å². The lowest BCUT2D eigenvalue weighted by atomic mass is 9.69. The van der Waals surface area contributed by atoms with Crippen molar-refractivity contribution in [2.45, 2.75) is 34.1 Å². The van der Waals surface area contributed by atoms with E-state index in [0.29, 0.717) is 12.3 Å². The molecule has 1 aliphatic carbocycles. The van der Waals surface area contributed by atoms with Gasteiger partial charge >= 0.3 is 0 Å². The summed E-state index contributed by atoms with van der Waals surface area (Å²) < 4.78 is 0. The highest BCUT2D eigenvalue weighted by atomic mass is 16.1. The van der Waals surface area contributed by atoms with Crippen LogP contribution in [0.25, 0.3) is 0 Å². The van der Waals surface area contributed by atoms with Crippen LogP contribution in [0, 0.1) is 11.3 Å². The van der Waals surface area contributed by atoms with Crippen molar-refractivity contribution in [1.29, 1.82) is 0 Å². The first-order chi connectivity index (χ1) is 4.93. The van der Waals surface area contributed by atoms with E-state index in [2.05, 4.69) is 20.8 Å². The molecule has 0 unspecified atom stereocenters. The molecule has 1 heteroatoms. The van der Waals surface area contributed by atoms with Gasteiger partial charge in [0.15, 0.2) is 5.78 Å². The third-order valence-corrected chi connectivity index (χ3v) is 2.87. The maximum atomic E-state index is 11.2. The van der Waals surface area contributed by atoms with Gasteiger partial charge in [-0.15, -0.1) is 0 Å². The van der Waals surface area contributed by atoms with E-state index >= 15 is 0 Å². The summed E-state index contributed by atoms with van der Waals surface area (Å²) >= 11 is 0. The maximum Gasteiger partial charge on any atom is 0.156 e. The quantitative estimate of drug-likeness (QED) is 0.521. The Hall–Kier alpha value is -0.590. The van der Waals surface area contributed by atoms with E-state index in [1.165, 1.54) is 5.57 Å². The van der Waals surface area contributed by atoms with Crippen LogP contribution in [0.2, 0.25) is 0 Å². The van der Waals surface area contributed by atoms with Crippen molar-refractivity contribution >= 4 is 5.78 Å². The van der Waals surface area contributed by atoms with Crippen LogP contribution >= 0.6 is 0 Å². The number of hydrogen-bond acceptors (Lipinski definition) is 1. The zero-order valence-corrected chi connectivity index (χ0v) is 7.77. The van der Waals surface area contributed by atoms with Crippen LogP contribution in [0.5, 0.6) is 0 Å². The first kappa shape index (κ1) is 8.51. The van der Waals surface area contributed by atoms with E-state index in [4.69, 9.17) is 0 Å². The second-order valence-corrected chi connectivity index (χ2v) is 4.24. The number of carbonyl (C=O) groups excluding carboxylic acids is 1. The van der Waals surface area contributed by atoms with E-state index < -0.39 is 0 Å². The van der Waals surface area contributed by atoms with Gasteiger partial charge in [0.25, 0.3) is 0 Å². The predicted octanol–water partition coefficient (Wildman–Crippen LogP) is 2.57. The molecule has 0 amide bonds. The Morgan fingerprint density at radius 3 is 2.55 bits per heavy atom. The molecule has 1 rings (SSSR count). The molecule has 0 N–H and O–H groups in total.